The molecule has 0 aliphatic rings. The monoisotopic (exact) mass is 380 g/mol. The second-order valence-corrected chi connectivity index (χ2v) is 6.38. The molecule has 2 N–H and O–H groups in total. The number of methoxy groups -OCH3 is 2. The highest BCUT2D eigenvalue weighted by Gasteiger charge is 2.12. The van der Waals surface area contributed by atoms with Crippen molar-refractivity contribution < 1.29 is 19.7 Å². The van der Waals surface area contributed by atoms with Gasteiger partial charge in [-0.05, 0) is 42.0 Å². The van der Waals surface area contributed by atoms with E-state index in [9.17, 15) is 15.5 Å². The summed E-state index contributed by atoms with van der Waals surface area (Å²) in [5, 5.41) is 30.9. The molecule has 7 heteroatoms. The van der Waals surface area contributed by atoms with Gasteiger partial charge < -0.3 is 19.7 Å². The van der Waals surface area contributed by atoms with E-state index in [0.717, 1.165) is 5.56 Å². The Labute approximate surface area is 160 Å². The van der Waals surface area contributed by atoms with E-state index >= 15 is 0 Å². The van der Waals surface area contributed by atoms with Crippen LogP contribution in [-0.2, 0) is 0 Å². The number of phenolic OH excluding ortho intramolecular Hbond substituents is 2. The highest BCUT2D eigenvalue weighted by atomic mass is 32.1. The summed E-state index contributed by atoms with van der Waals surface area (Å²) in [5.74, 6) is 0.767. The Morgan fingerprint density at radius 2 is 1.85 bits per heavy atom. The number of phenols is 2. The van der Waals surface area contributed by atoms with E-state index in [0.29, 0.717) is 33.3 Å². The lowest BCUT2D eigenvalue weighted by Crippen LogP contribution is -1.91. The number of thiazole rings is 1. The molecule has 0 atom stereocenters. The molecule has 136 valence electrons. The van der Waals surface area contributed by atoms with Gasteiger partial charge in [0, 0.05) is 10.9 Å². The van der Waals surface area contributed by atoms with Crippen molar-refractivity contribution in [2.45, 2.75) is 0 Å². The predicted octanol–water partition coefficient (Wildman–Crippen LogP) is 4.30. The number of benzene rings is 2. The van der Waals surface area contributed by atoms with Crippen molar-refractivity contribution in [1.29, 1.82) is 5.26 Å². The quantitative estimate of drug-likeness (QED) is 0.506. The lowest BCUT2D eigenvalue weighted by Gasteiger charge is -2.08. The van der Waals surface area contributed by atoms with Crippen molar-refractivity contribution in [3.05, 3.63) is 52.3 Å². The lowest BCUT2D eigenvalue weighted by atomic mass is 10.1. The zero-order valence-electron chi connectivity index (χ0n) is 14.6. The van der Waals surface area contributed by atoms with E-state index < -0.39 is 0 Å². The van der Waals surface area contributed by atoms with Gasteiger partial charge in [0.15, 0.2) is 23.0 Å². The first-order valence-electron chi connectivity index (χ1n) is 7.87. The summed E-state index contributed by atoms with van der Waals surface area (Å²) in [6.45, 7) is 0. The molecule has 0 fully saturated rings. The van der Waals surface area contributed by atoms with Crippen molar-refractivity contribution in [3.8, 4) is 40.3 Å². The molecule has 6 nitrogen and oxygen atoms in total. The molecule has 2 aromatic carbocycles. The van der Waals surface area contributed by atoms with E-state index in [2.05, 4.69) is 11.1 Å². The fourth-order valence-electron chi connectivity index (χ4n) is 2.46. The summed E-state index contributed by atoms with van der Waals surface area (Å²) in [5.41, 5.74) is 2.50. The highest BCUT2D eigenvalue weighted by molar-refractivity contribution is 7.11. The number of aromatic hydroxyl groups is 2. The van der Waals surface area contributed by atoms with Gasteiger partial charge in [-0.3, -0.25) is 0 Å². The minimum Gasteiger partial charge on any atom is -0.504 e. The number of rotatable bonds is 5. The van der Waals surface area contributed by atoms with Gasteiger partial charge in [-0.25, -0.2) is 4.98 Å². The molecule has 1 aromatic heterocycles. The van der Waals surface area contributed by atoms with Crippen LogP contribution in [0, 0.1) is 11.3 Å². The number of allylic oxidation sites excluding steroid dienone is 1. The van der Waals surface area contributed by atoms with Gasteiger partial charge in [0.2, 0.25) is 0 Å². The Balaban J connectivity index is 1.95. The third-order valence-corrected chi connectivity index (χ3v) is 4.72. The molecule has 0 saturated heterocycles. The number of aromatic nitrogens is 1. The van der Waals surface area contributed by atoms with E-state index in [-0.39, 0.29) is 11.5 Å². The standard InChI is InChI=1S/C20H16N2O4S/c1-25-18-6-4-13(9-19(18)26-2)15-11-27-20(22-15)14(10-21)7-12-3-5-16(23)17(24)8-12/h3-9,11,23-24H,1-2H3/b14-7+. The van der Waals surface area contributed by atoms with E-state index in [1.807, 2.05) is 17.5 Å². The van der Waals surface area contributed by atoms with Crippen LogP contribution in [0.4, 0.5) is 0 Å². The maximum atomic E-state index is 9.60. The van der Waals surface area contributed by atoms with Crippen LogP contribution >= 0.6 is 11.3 Å². The first kappa shape index (κ1) is 18.3. The molecule has 0 amide bonds. The van der Waals surface area contributed by atoms with Gasteiger partial charge in [-0.2, -0.15) is 5.26 Å². The summed E-state index contributed by atoms with van der Waals surface area (Å²) in [6, 6.07) is 12.0. The van der Waals surface area contributed by atoms with Gasteiger partial charge >= 0.3 is 0 Å². The molecule has 27 heavy (non-hydrogen) atoms. The van der Waals surface area contributed by atoms with Crippen LogP contribution in [0.3, 0.4) is 0 Å². The zero-order chi connectivity index (χ0) is 19.4. The maximum absolute atomic E-state index is 9.60. The highest BCUT2D eigenvalue weighted by Crippen LogP contribution is 2.34. The molecule has 0 saturated carbocycles. The molecule has 1 heterocycles. The molecule has 0 radical (unpaired) electrons. The van der Waals surface area contributed by atoms with Gasteiger partial charge in [0.05, 0.1) is 25.5 Å². The summed E-state index contributed by atoms with van der Waals surface area (Å²) >= 11 is 1.34. The summed E-state index contributed by atoms with van der Waals surface area (Å²) in [4.78, 5) is 4.54. The second kappa shape index (κ2) is 7.81. The minimum atomic E-state index is -0.244. The van der Waals surface area contributed by atoms with Crippen LogP contribution in [0.25, 0.3) is 22.9 Å². The lowest BCUT2D eigenvalue weighted by molar-refractivity contribution is 0.355. The Morgan fingerprint density at radius 1 is 1.07 bits per heavy atom. The SMILES string of the molecule is COc1ccc(-c2csc(/C(C#N)=C/c3ccc(O)c(O)c3)n2)cc1OC. The van der Waals surface area contributed by atoms with Crippen LogP contribution in [0.1, 0.15) is 10.6 Å². The molecular formula is C20H16N2O4S. The number of nitriles is 1. The number of nitrogens with zero attached hydrogens (tertiary/aromatic N) is 2. The Morgan fingerprint density at radius 3 is 2.52 bits per heavy atom. The second-order valence-electron chi connectivity index (χ2n) is 5.53. The first-order valence-corrected chi connectivity index (χ1v) is 8.75. The van der Waals surface area contributed by atoms with E-state index in [1.165, 1.54) is 23.5 Å². The summed E-state index contributed by atoms with van der Waals surface area (Å²) < 4.78 is 10.6. The van der Waals surface area contributed by atoms with Gasteiger partial charge in [-0.1, -0.05) is 6.07 Å². The summed E-state index contributed by atoms with van der Waals surface area (Å²) in [6.07, 6.45) is 1.61. The van der Waals surface area contributed by atoms with E-state index in [4.69, 9.17) is 9.47 Å². The topological polar surface area (TPSA) is 95.6 Å². The van der Waals surface area contributed by atoms with Crippen molar-refractivity contribution in [2.24, 2.45) is 0 Å². The van der Waals surface area contributed by atoms with Crippen molar-refractivity contribution in [3.63, 3.8) is 0 Å². The molecule has 0 spiro atoms. The van der Waals surface area contributed by atoms with Crippen molar-refractivity contribution in [1.82, 2.24) is 4.98 Å². The molecule has 0 unspecified atom stereocenters. The number of ether oxygens (including phenoxy) is 2. The molecular weight excluding hydrogens is 364 g/mol. The fourth-order valence-corrected chi connectivity index (χ4v) is 3.26. The van der Waals surface area contributed by atoms with Crippen molar-refractivity contribution in [2.75, 3.05) is 14.2 Å². The van der Waals surface area contributed by atoms with Crippen LogP contribution in [0.2, 0.25) is 0 Å². The molecule has 0 aliphatic carbocycles. The van der Waals surface area contributed by atoms with Gasteiger partial charge in [0.25, 0.3) is 0 Å². The summed E-state index contributed by atoms with van der Waals surface area (Å²) in [7, 11) is 3.14. The normalized spacial score (nSPS) is 11.1. The van der Waals surface area contributed by atoms with E-state index in [1.54, 1.807) is 32.4 Å². The Hall–Kier alpha value is -3.50. The van der Waals surface area contributed by atoms with Gasteiger partial charge in [0.1, 0.15) is 11.1 Å². The minimum absolute atomic E-state index is 0.212. The van der Waals surface area contributed by atoms with Gasteiger partial charge in [-0.15, -0.1) is 11.3 Å². The Kier molecular flexibility index (Phi) is 5.29. The van der Waals surface area contributed by atoms with Crippen LogP contribution < -0.4 is 9.47 Å². The smallest absolute Gasteiger partial charge is 0.161 e. The van der Waals surface area contributed by atoms with Crippen LogP contribution in [0.15, 0.2) is 41.8 Å². The Bertz CT molecular complexity index is 1050. The first-order chi connectivity index (χ1) is 13.0. The predicted molar refractivity (Wildman–Crippen MR) is 104 cm³/mol. The zero-order valence-corrected chi connectivity index (χ0v) is 15.4. The molecule has 0 bridgehead atoms. The number of hydrogen-bond acceptors (Lipinski definition) is 7. The largest absolute Gasteiger partial charge is 0.504 e. The average Bonchev–Trinajstić information content (AvgIpc) is 3.18. The molecule has 3 rings (SSSR count). The van der Waals surface area contributed by atoms with Crippen molar-refractivity contribution >= 4 is 23.0 Å². The van der Waals surface area contributed by atoms with Crippen LogP contribution in [0.5, 0.6) is 23.0 Å². The maximum Gasteiger partial charge on any atom is 0.161 e. The van der Waals surface area contributed by atoms with Crippen LogP contribution in [-0.4, -0.2) is 29.4 Å². The number of hydrogen-bond donors (Lipinski definition) is 2. The molecule has 0 aliphatic heterocycles. The molecule has 3 aromatic rings. The third-order valence-electron chi connectivity index (χ3n) is 3.84. The average molecular weight is 380 g/mol. The fraction of sp³-hybridized carbons (Fsp3) is 0.100. The third kappa shape index (κ3) is 3.86.